The van der Waals surface area contributed by atoms with Gasteiger partial charge in [-0.25, -0.2) is 9.97 Å². The Morgan fingerprint density at radius 2 is 1.74 bits per heavy atom. The van der Waals surface area contributed by atoms with E-state index < -0.39 is 17.3 Å². The van der Waals surface area contributed by atoms with Crippen LogP contribution in [0.15, 0.2) is 36.5 Å². The van der Waals surface area contributed by atoms with Crippen LogP contribution in [0.2, 0.25) is 0 Å². The van der Waals surface area contributed by atoms with E-state index >= 15 is 0 Å². The normalized spacial score (nSPS) is 12.4. The number of rotatable bonds is 5. The van der Waals surface area contributed by atoms with Crippen molar-refractivity contribution in [3.8, 4) is 11.4 Å². The number of aliphatic hydroxyl groups excluding tert-OH is 1. The van der Waals surface area contributed by atoms with Gasteiger partial charge in [-0.1, -0.05) is 12.1 Å². The van der Waals surface area contributed by atoms with Crippen molar-refractivity contribution in [2.45, 2.75) is 32.1 Å². The van der Waals surface area contributed by atoms with Gasteiger partial charge in [0, 0.05) is 23.8 Å². The molecule has 0 aliphatic carbocycles. The number of aliphatic hydroxyl groups is 1. The fraction of sp³-hybridized carbons (Fsp3) is 0.375. The highest BCUT2D eigenvalue weighted by atomic mass is 19.4. The molecule has 23 heavy (non-hydrogen) atoms. The second kappa shape index (κ2) is 6.64. The van der Waals surface area contributed by atoms with E-state index in [9.17, 15) is 18.3 Å². The number of nitrogens with one attached hydrogen (secondary N) is 1. The Morgan fingerprint density at radius 3 is 2.30 bits per heavy atom. The second-order valence-electron chi connectivity index (χ2n) is 5.84. The van der Waals surface area contributed by atoms with E-state index in [1.54, 1.807) is 12.3 Å². The molecule has 0 unspecified atom stereocenters. The van der Waals surface area contributed by atoms with E-state index in [0.717, 1.165) is 12.1 Å². The van der Waals surface area contributed by atoms with Gasteiger partial charge in [0.2, 0.25) is 0 Å². The molecular weight excluding hydrogens is 307 g/mol. The van der Waals surface area contributed by atoms with Gasteiger partial charge in [-0.2, -0.15) is 13.2 Å². The minimum absolute atomic E-state index is 0.0240. The number of benzene rings is 1. The molecule has 0 bridgehead atoms. The highest BCUT2D eigenvalue weighted by molar-refractivity contribution is 5.55. The van der Waals surface area contributed by atoms with Gasteiger partial charge in [0.25, 0.3) is 0 Å². The maximum atomic E-state index is 12.6. The average Bonchev–Trinajstić information content (AvgIpc) is 2.53. The lowest BCUT2D eigenvalue weighted by atomic mass is 10.1. The fourth-order valence-electron chi connectivity index (χ4n) is 1.83. The number of alkyl halides is 3. The van der Waals surface area contributed by atoms with Crippen LogP contribution in [0.5, 0.6) is 0 Å². The Labute approximate surface area is 132 Å². The molecule has 4 nitrogen and oxygen atoms in total. The van der Waals surface area contributed by atoms with Crippen molar-refractivity contribution in [3.05, 3.63) is 47.8 Å². The number of hydrogen-bond acceptors (Lipinski definition) is 4. The summed E-state index contributed by atoms with van der Waals surface area (Å²) in [7, 11) is 0. The van der Waals surface area contributed by atoms with Crippen molar-refractivity contribution in [1.29, 1.82) is 0 Å². The van der Waals surface area contributed by atoms with Crippen LogP contribution in [0.4, 0.5) is 13.2 Å². The van der Waals surface area contributed by atoms with E-state index in [4.69, 9.17) is 0 Å². The quantitative estimate of drug-likeness (QED) is 0.887. The molecule has 1 aromatic carbocycles. The molecule has 0 amide bonds. The minimum atomic E-state index is -4.36. The highest BCUT2D eigenvalue weighted by Crippen LogP contribution is 2.30. The predicted molar refractivity (Wildman–Crippen MR) is 80.5 cm³/mol. The second-order valence-corrected chi connectivity index (χ2v) is 5.84. The molecule has 0 aliphatic rings. The molecule has 2 aromatic rings. The monoisotopic (exact) mass is 325 g/mol. The summed E-state index contributed by atoms with van der Waals surface area (Å²) in [5, 5.41) is 12.4. The van der Waals surface area contributed by atoms with Crippen molar-refractivity contribution in [2.75, 3.05) is 6.61 Å². The topological polar surface area (TPSA) is 58.0 Å². The number of halogens is 3. The Kier molecular flexibility index (Phi) is 5.01. The number of aromatic nitrogens is 2. The first-order valence-corrected chi connectivity index (χ1v) is 7.07. The Balaban J connectivity index is 2.16. The van der Waals surface area contributed by atoms with Crippen molar-refractivity contribution in [2.24, 2.45) is 0 Å². The van der Waals surface area contributed by atoms with Crippen molar-refractivity contribution >= 4 is 0 Å². The number of nitrogens with zero attached hydrogens (tertiary/aromatic N) is 2. The first-order chi connectivity index (χ1) is 10.7. The summed E-state index contributed by atoms with van der Waals surface area (Å²) in [5.41, 5.74) is 0.0564. The van der Waals surface area contributed by atoms with Gasteiger partial charge in [-0.05, 0) is 32.0 Å². The molecule has 0 radical (unpaired) electrons. The molecule has 0 atom stereocenters. The molecule has 0 aliphatic heterocycles. The maximum Gasteiger partial charge on any atom is 0.416 e. The van der Waals surface area contributed by atoms with Crippen LogP contribution in [0.3, 0.4) is 0 Å². The van der Waals surface area contributed by atoms with Gasteiger partial charge in [-0.3, -0.25) is 0 Å². The molecule has 1 heterocycles. The van der Waals surface area contributed by atoms with E-state index in [1.807, 2.05) is 13.8 Å². The molecular formula is C16H18F3N3O. The van der Waals surface area contributed by atoms with E-state index in [-0.39, 0.29) is 6.61 Å². The molecule has 124 valence electrons. The SMILES string of the molecule is CC(C)(CO)NCc1ccnc(-c2ccc(C(F)(F)F)cc2)n1. The fourth-order valence-corrected chi connectivity index (χ4v) is 1.83. The van der Waals surface area contributed by atoms with Crippen LogP contribution in [0.1, 0.15) is 25.1 Å². The van der Waals surface area contributed by atoms with Crippen LogP contribution in [-0.4, -0.2) is 27.2 Å². The Bertz CT molecular complexity index is 654. The molecule has 0 saturated heterocycles. The third kappa shape index (κ3) is 4.74. The smallest absolute Gasteiger partial charge is 0.394 e. The van der Waals surface area contributed by atoms with Gasteiger partial charge >= 0.3 is 6.18 Å². The highest BCUT2D eigenvalue weighted by Gasteiger charge is 2.30. The largest absolute Gasteiger partial charge is 0.416 e. The molecule has 0 fully saturated rings. The van der Waals surface area contributed by atoms with Gasteiger partial charge < -0.3 is 10.4 Å². The summed E-state index contributed by atoms with van der Waals surface area (Å²) in [4.78, 5) is 8.43. The molecule has 0 spiro atoms. The van der Waals surface area contributed by atoms with Crippen LogP contribution < -0.4 is 5.32 Å². The predicted octanol–water partition coefficient (Wildman–Crippen LogP) is 3.02. The third-order valence-electron chi connectivity index (χ3n) is 3.33. The summed E-state index contributed by atoms with van der Waals surface area (Å²) in [6.45, 7) is 4.10. The van der Waals surface area contributed by atoms with Gasteiger partial charge in [-0.15, -0.1) is 0 Å². The summed E-state index contributed by atoms with van der Waals surface area (Å²) in [5.74, 6) is 0.361. The van der Waals surface area contributed by atoms with Gasteiger partial charge in [0.1, 0.15) is 0 Å². The van der Waals surface area contributed by atoms with E-state index in [2.05, 4.69) is 15.3 Å². The summed E-state index contributed by atoms with van der Waals surface area (Å²) >= 11 is 0. The minimum Gasteiger partial charge on any atom is -0.394 e. The Hall–Kier alpha value is -1.99. The third-order valence-corrected chi connectivity index (χ3v) is 3.33. The molecule has 7 heteroatoms. The van der Waals surface area contributed by atoms with E-state index in [0.29, 0.717) is 23.6 Å². The lowest BCUT2D eigenvalue weighted by molar-refractivity contribution is -0.137. The summed E-state index contributed by atoms with van der Waals surface area (Å²) in [6, 6.07) is 6.45. The molecule has 0 saturated carbocycles. The summed E-state index contributed by atoms with van der Waals surface area (Å²) in [6.07, 6.45) is -2.80. The van der Waals surface area contributed by atoms with E-state index in [1.165, 1.54) is 12.1 Å². The van der Waals surface area contributed by atoms with Crippen molar-refractivity contribution in [1.82, 2.24) is 15.3 Å². The van der Waals surface area contributed by atoms with Crippen LogP contribution in [-0.2, 0) is 12.7 Å². The van der Waals surface area contributed by atoms with Crippen molar-refractivity contribution < 1.29 is 18.3 Å². The first kappa shape index (κ1) is 17.4. The number of hydrogen-bond donors (Lipinski definition) is 2. The lowest BCUT2D eigenvalue weighted by Gasteiger charge is -2.23. The molecule has 1 aromatic heterocycles. The van der Waals surface area contributed by atoms with Gasteiger partial charge in [0.05, 0.1) is 17.9 Å². The maximum absolute atomic E-state index is 12.6. The van der Waals surface area contributed by atoms with Crippen LogP contribution in [0.25, 0.3) is 11.4 Å². The standard InChI is InChI=1S/C16H18F3N3O/c1-15(2,10-23)21-9-13-7-8-20-14(22-13)11-3-5-12(6-4-11)16(17,18)19/h3-8,21,23H,9-10H2,1-2H3. The Morgan fingerprint density at radius 1 is 1.09 bits per heavy atom. The zero-order valence-corrected chi connectivity index (χ0v) is 12.9. The van der Waals surface area contributed by atoms with Crippen molar-refractivity contribution in [3.63, 3.8) is 0 Å². The first-order valence-electron chi connectivity index (χ1n) is 7.07. The summed E-state index contributed by atoms with van der Waals surface area (Å²) < 4.78 is 37.7. The van der Waals surface area contributed by atoms with Crippen LogP contribution >= 0.6 is 0 Å². The lowest BCUT2D eigenvalue weighted by Crippen LogP contribution is -2.42. The zero-order valence-electron chi connectivity index (χ0n) is 12.9. The molecule has 2 rings (SSSR count). The average molecular weight is 325 g/mol. The zero-order chi connectivity index (χ0) is 17.1. The van der Waals surface area contributed by atoms with Crippen LogP contribution in [0, 0.1) is 0 Å². The molecule has 2 N–H and O–H groups in total. The van der Waals surface area contributed by atoms with Gasteiger partial charge in [0.15, 0.2) is 5.82 Å².